The number of hydrogen-bond acceptors (Lipinski definition) is 3. The molecule has 0 aliphatic carbocycles. The molecule has 6 heteroatoms. The van der Waals surface area contributed by atoms with Gasteiger partial charge >= 0.3 is 0 Å². The highest BCUT2D eigenvalue weighted by molar-refractivity contribution is 6.36. The Balaban J connectivity index is 1.98. The quantitative estimate of drug-likeness (QED) is 0.846. The van der Waals surface area contributed by atoms with Crippen molar-refractivity contribution in [3.8, 4) is 0 Å². The van der Waals surface area contributed by atoms with E-state index in [0.717, 1.165) is 13.0 Å². The lowest BCUT2D eigenvalue weighted by Gasteiger charge is -2.46. The van der Waals surface area contributed by atoms with E-state index in [1.807, 2.05) is 0 Å². The van der Waals surface area contributed by atoms with Gasteiger partial charge in [0.05, 0.1) is 5.02 Å². The van der Waals surface area contributed by atoms with E-state index in [1.54, 1.807) is 6.07 Å². The van der Waals surface area contributed by atoms with Crippen molar-refractivity contribution in [1.82, 2.24) is 10.2 Å². The van der Waals surface area contributed by atoms with Crippen LogP contribution in [-0.2, 0) is 16.0 Å². The Bertz CT molecular complexity index is 648. The number of nitrogens with one attached hydrogen (secondary N) is 1. The molecule has 1 N–H and O–H groups in total. The number of carbonyl (C=O) groups excluding carboxylic acids is 2. The minimum atomic E-state index is -0.609. The van der Waals surface area contributed by atoms with Crippen molar-refractivity contribution in [2.45, 2.75) is 45.2 Å². The van der Waals surface area contributed by atoms with Crippen molar-refractivity contribution in [3.63, 3.8) is 0 Å². The molecule has 0 radical (unpaired) electrons. The lowest BCUT2D eigenvalue weighted by atomic mass is 9.82. The molecule has 132 valence electrons. The Morgan fingerprint density at radius 3 is 2.71 bits per heavy atom. The smallest absolute Gasteiger partial charge is 0.287 e. The number of amides is 1. The van der Waals surface area contributed by atoms with Gasteiger partial charge in [0.25, 0.3) is 5.91 Å². The van der Waals surface area contributed by atoms with Gasteiger partial charge in [0.1, 0.15) is 5.82 Å². The van der Waals surface area contributed by atoms with Crippen LogP contribution in [-0.4, -0.2) is 41.8 Å². The Hall–Kier alpha value is -1.46. The molecule has 0 aromatic heterocycles. The topological polar surface area (TPSA) is 49.4 Å². The number of likely N-dealkylation sites (tertiary alicyclic amines) is 1. The number of ketones is 1. The molecule has 1 amide bonds. The van der Waals surface area contributed by atoms with E-state index in [1.165, 1.54) is 12.1 Å². The molecule has 4 nitrogen and oxygen atoms in total. The fraction of sp³-hybridized carbons (Fsp3) is 0.556. The third kappa shape index (κ3) is 4.33. The summed E-state index contributed by atoms with van der Waals surface area (Å²) in [6.45, 7) is 7.16. The fourth-order valence-corrected chi connectivity index (χ4v) is 3.18. The molecule has 1 heterocycles. The van der Waals surface area contributed by atoms with E-state index in [2.05, 4.69) is 38.0 Å². The molecule has 0 saturated carbocycles. The summed E-state index contributed by atoms with van der Waals surface area (Å²) in [5.41, 5.74) is 0.404. The number of nitrogens with zero attached hydrogens (tertiary/aromatic N) is 1. The first-order valence-corrected chi connectivity index (χ1v) is 8.47. The number of halogens is 2. The molecule has 1 fully saturated rings. The first kappa shape index (κ1) is 18.9. The SMILES string of the molecule is CC1CN(C)C(C)(C)CC1NC(=O)C(=O)Cc1ccc(Cl)c(F)c1. The molecule has 1 aliphatic rings. The Morgan fingerprint density at radius 2 is 2.08 bits per heavy atom. The van der Waals surface area contributed by atoms with Crippen molar-refractivity contribution in [3.05, 3.63) is 34.6 Å². The van der Waals surface area contributed by atoms with Gasteiger partial charge in [0.2, 0.25) is 5.78 Å². The van der Waals surface area contributed by atoms with E-state index in [9.17, 15) is 14.0 Å². The van der Waals surface area contributed by atoms with Crippen LogP contribution < -0.4 is 5.32 Å². The second-order valence-electron chi connectivity index (χ2n) is 7.30. The van der Waals surface area contributed by atoms with Crippen LogP contribution in [0.25, 0.3) is 0 Å². The van der Waals surface area contributed by atoms with E-state index >= 15 is 0 Å². The summed E-state index contributed by atoms with van der Waals surface area (Å²) < 4.78 is 13.4. The molecule has 1 aromatic rings. The second kappa shape index (κ2) is 7.19. The average molecular weight is 355 g/mol. The summed E-state index contributed by atoms with van der Waals surface area (Å²) in [5.74, 6) is -1.51. The van der Waals surface area contributed by atoms with Gasteiger partial charge in [-0.2, -0.15) is 0 Å². The van der Waals surface area contributed by atoms with Crippen LogP contribution in [0.3, 0.4) is 0 Å². The molecular formula is C18H24ClFN2O2. The molecule has 1 aliphatic heterocycles. The van der Waals surface area contributed by atoms with Gasteiger partial charge in [-0.3, -0.25) is 9.59 Å². The maximum atomic E-state index is 13.4. The monoisotopic (exact) mass is 354 g/mol. The third-order valence-corrected chi connectivity index (χ3v) is 5.23. The van der Waals surface area contributed by atoms with Gasteiger partial charge in [-0.15, -0.1) is 0 Å². The summed E-state index contributed by atoms with van der Waals surface area (Å²) >= 11 is 5.62. The van der Waals surface area contributed by atoms with Crippen molar-refractivity contribution in [1.29, 1.82) is 0 Å². The van der Waals surface area contributed by atoms with Gasteiger partial charge in [-0.25, -0.2) is 4.39 Å². The number of benzene rings is 1. The lowest BCUT2D eigenvalue weighted by molar-refractivity contribution is -0.138. The summed E-state index contributed by atoms with van der Waals surface area (Å²) in [7, 11) is 2.06. The predicted octanol–water partition coefficient (Wildman–Crippen LogP) is 2.83. The normalized spacial score (nSPS) is 23.8. The highest BCUT2D eigenvalue weighted by Gasteiger charge is 2.37. The third-order valence-electron chi connectivity index (χ3n) is 4.92. The van der Waals surface area contributed by atoms with Crippen LogP contribution in [0.2, 0.25) is 5.02 Å². The van der Waals surface area contributed by atoms with Crippen LogP contribution in [0.5, 0.6) is 0 Å². The van der Waals surface area contributed by atoms with Crippen molar-refractivity contribution in [2.75, 3.05) is 13.6 Å². The van der Waals surface area contributed by atoms with Gasteiger partial charge < -0.3 is 10.2 Å². The van der Waals surface area contributed by atoms with E-state index < -0.39 is 17.5 Å². The zero-order valence-electron chi connectivity index (χ0n) is 14.5. The zero-order valence-corrected chi connectivity index (χ0v) is 15.3. The van der Waals surface area contributed by atoms with Crippen molar-refractivity contribution >= 4 is 23.3 Å². The molecule has 1 saturated heterocycles. The number of hydrogen-bond donors (Lipinski definition) is 1. The largest absolute Gasteiger partial charge is 0.346 e. The van der Waals surface area contributed by atoms with Crippen molar-refractivity contribution < 1.29 is 14.0 Å². The number of Topliss-reactive ketones (excluding diaryl/α,β-unsaturated/α-hetero) is 1. The predicted molar refractivity (Wildman–Crippen MR) is 92.5 cm³/mol. The molecule has 2 rings (SSSR count). The molecule has 0 bridgehead atoms. The second-order valence-corrected chi connectivity index (χ2v) is 7.71. The zero-order chi connectivity index (χ0) is 18.1. The number of carbonyl (C=O) groups is 2. The Morgan fingerprint density at radius 1 is 1.42 bits per heavy atom. The number of rotatable bonds is 4. The Labute approximate surface area is 147 Å². The summed E-state index contributed by atoms with van der Waals surface area (Å²) in [5, 5.41) is 2.85. The highest BCUT2D eigenvalue weighted by atomic mass is 35.5. The summed E-state index contributed by atoms with van der Waals surface area (Å²) in [6, 6.07) is 4.08. The maximum absolute atomic E-state index is 13.4. The van der Waals surface area contributed by atoms with Gasteiger partial charge in [-0.1, -0.05) is 24.6 Å². The maximum Gasteiger partial charge on any atom is 0.287 e. The van der Waals surface area contributed by atoms with Crippen LogP contribution in [0.1, 0.15) is 32.8 Å². The van der Waals surface area contributed by atoms with E-state index in [0.29, 0.717) is 5.56 Å². The minimum Gasteiger partial charge on any atom is -0.346 e. The fourth-order valence-electron chi connectivity index (χ4n) is 3.06. The summed E-state index contributed by atoms with van der Waals surface area (Å²) in [6.07, 6.45) is 0.642. The number of piperidine rings is 1. The standard InChI is InChI=1S/C18H24ClFN2O2/c1-11-10-22(4)18(2,3)9-15(11)21-17(24)16(23)8-12-5-6-13(19)14(20)7-12/h5-7,11,15H,8-10H2,1-4H3,(H,21,24). The van der Waals surface area contributed by atoms with Gasteiger partial charge in [0.15, 0.2) is 0 Å². The Kier molecular flexibility index (Phi) is 5.66. The molecule has 1 aromatic carbocycles. The minimum absolute atomic E-state index is 0.00182. The molecular weight excluding hydrogens is 331 g/mol. The highest BCUT2D eigenvalue weighted by Crippen LogP contribution is 2.29. The molecule has 24 heavy (non-hydrogen) atoms. The van der Waals surface area contributed by atoms with Crippen LogP contribution >= 0.6 is 11.6 Å². The van der Waals surface area contributed by atoms with Gasteiger partial charge in [-0.05, 0) is 50.9 Å². The van der Waals surface area contributed by atoms with Gasteiger partial charge in [0, 0.05) is 24.5 Å². The molecule has 0 spiro atoms. The average Bonchev–Trinajstić information content (AvgIpc) is 2.48. The van der Waals surface area contributed by atoms with Crippen molar-refractivity contribution in [2.24, 2.45) is 5.92 Å². The van der Waals surface area contributed by atoms with Crippen LogP contribution in [0, 0.1) is 11.7 Å². The molecule has 2 unspecified atom stereocenters. The van der Waals surface area contributed by atoms with Crippen LogP contribution in [0.4, 0.5) is 4.39 Å². The van der Waals surface area contributed by atoms with Crippen LogP contribution in [0.15, 0.2) is 18.2 Å². The first-order chi connectivity index (χ1) is 11.1. The summed E-state index contributed by atoms with van der Waals surface area (Å²) in [4.78, 5) is 26.6. The van der Waals surface area contributed by atoms with E-state index in [-0.39, 0.29) is 28.9 Å². The first-order valence-electron chi connectivity index (χ1n) is 8.09. The van der Waals surface area contributed by atoms with E-state index in [4.69, 9.17) is 11.6 Å². The molecule has 2 atom stereocenters. The lowest BCUT2D eigenvalue weighted by Crippen LogP contribution is -2.58.